The maximum Gasteiger partial charge on any atom is 0.324 e. The SMILES string of the molecule is CCn1c(-c2cccnc2[C@H](C)OC)c2c3cc(ccc31)-c1nc(co1)C[C@H](C)C(=O)N1CCC[C@H](N1)C(=O)OCC(C)(C)C2. The minimum Gasteiger partial charge on any atom is -0.464 e. The summed E-state index contributed by atoms with van der Waals surface area (Å²) in [6, 6.07) is 9.81. The lowest BCUT2D eigenvalue weighted by molar-refractivity contribution is -0.155. The maximum atomic E-state index is 13.3. The predicted octanol–water partition coefficient (Wildman–Crippen LogP) is 5.89. The Morgan fingerprint density at radius 1 is 1.22 bits per heavy atom. The lowest BCUT2D eigenvalue weighted by atomic mass is 9.84. The highest BCUT2D eigenvalue weighted by atomic mass is 16.5. The Morgan fingerprint density at radius 2 is 2.04 bits per heavy atom. The van der Waals surface area contributed by atoms with Crippen molar-refractivity contribution in [3.8, 4) is 22.7 Å². The summed E-state index contributed by atoms with van der Waals surface area (Å²) in [5.74, 6) is -0.238. The number of hydrazine groups is 1. The average molecular weight is 614 g/mol. The van der Waals surface area contributed by atoms with E-state index in [1.165, 1.54) is 0 Å². The van der Waals surface area contributed by atoms with Crippen LogP contribution in [0.3, 0.4) is 0 Å². The number of amides is 1. The van der Waals surface area contributed by atoms with Crippen LogP contribution in [0.15, 0.2) is 47.2 Å². The van der Waals surface area contributed by atoms with Crippen LogP contribution in [-0.4, -0.2) is 57.7 Å². The second kappa shape index (κ2) is 12.4. The third kappa shape index (κ3) is 6.01. The Kier molecular flexibility index (Phi) is 8.54. The Bertz CT molecular complexity index is 1720. The fourth-order valence-corrected chi connectivity index (χ4v) is 6.64. The molecule has 1 N–H and O–H groups in total. The summed E-state index contributed by atoms with van der Waals surface area (Å²) in [7, 11) is 1.70. The zero-order valence-corrected chi connectivity index (χ0v) is 27.1. The molecule has 1 aromatic carbocycles. The summed E-state index contributed by atoms with van der Waals surface area (Å²) in [6.07, 6.45) is 5.63. The largest absolute Gasteiger partial charge is 0.464 e. The molecule has 1 saturated heterocycles. The summed E-state index contributed by atoms with van der Waals surface area (Å²) in [5, 5.41) is 2.65. The molecule has 6 rings (SSSR count). The van der Waals surface area contributed by atoms with Crippen molar-refractivity contribution in [2.45, 2.75) is 79.0 Å². The van der Waals surface area contributed by atoms with Crippen LogP contribution >= 0.6 is 0 Å². The number of hydrogen-bond donors (Lipinski definition) is 1. The number of esters is 1. The van der Waals surface area contributed by atoms with Crippen molar-refractivity contribution in [2.75, 3.05) is 20.3 Å². The van der Waals surface area contributed by atoms with Crippen LogP contribution in [0.25, 0.3) is 33.6 Å². The lowest BCUT2D eigenvalue weighted by Gasteiger charge is -2.35. The van der Waals surface area contributed by atoms with Crippen molar-refractivity contribution in [1.29, 1.82) is 0 Å². The number of hydrogen-bond acceptors (Lipinski definition) is 8. The molecule has 10 nitrogen and oxygen atoms in total. The zero-order valence-electron chi connectivity index (χ0n) is 27.1. The fraction of sp³-hybridized carbons (Fsp3) is 0.486. The van der Waals surface area contributed by atoms with Gasteiger partial charge in [-0.05, 0) is 69.0 Å². The number of aromatic nitrogens is 3. The summed E-state index contributed by atoms with van der Waals surface area (Å²) in [5.41, 5.74) is 9.49. The van der Waals surface area contributed by atoms with Gasteiger partial charge in [0.1, 0.15) is 12.3 Å². The van der Waals surface area contributed by atoms with E-state index in [4.69, 9.17) is 23.9 Å². The number of fused-ring (bicyclic) bond motifs is 6. The molecule has 1 amide bonds. The van der Waals surface area contributed by atoms with Crippen LogP contribution < -0.4 is 5.43 Å². The molecular weight excluding hydrogens is 570 g/mol. The molecule has 6 bridgehead atoms. The highest BCUT2D eigenvalue weighted by Gasteiger charge is 2.34. The van der Waals surface area contributed by atoms with Gasteiger partial charge in [-0.2, -0.15) is 0 Å². The minimum absolute atomic E-state index is 0.0736. The highest BCUT2D eigenvalue weighted by Crippen LogP contribution is 2.41. The van der Waals surface area contributed by atoms with Gasteiger partial charge < -0.3 is 18.5 Å². The van der Waals surface area contributed by atoms with Gasteiger partial charge in [0.2, 0.25) is 11.8 Å². The standard InChI is InChI=1S/C35H43N5O5/c1-7-39-29-13-12-23-17-26(29)27(31(39)25-10-8-14-36-30(25)22(3)43-6)18-35(4,5)20-45-34(42)28-11-9-15-40(38-28)33(41)21(2)16-24-19-44-32(23)37-24/h8,10,12-14,17,19,21-22,28,38H,7,9,11,15-16,18,20H2,1-6H3/t21-,22-,28-/m0/s1. The molecular formula is C35H43N5O5. The molecule has 238 valence electrons. The van der Waals surface area contributed by atoms with E-state index in [0.29, 0.717) is 37.4 Å². The summed E-state index contributed by atoms with van der Waals surface area (Å²) >= 11 is 0. The Morgan fingerprint density at radius 3 is 2.82 bits per heavy atom. The summed E-state index contributed by atoms with van der Waals surface area (Å²) in [4.78, 5) is 36.2. The normalized spacial score (nSPS) is 21.4. The van der Waals surface area contributed by atoms with Crippen molar-refractivity contribution in [3.05, 3.63) is 59.7 Å². The van der Waals surface area contributed by atoms with Gasteiger partial charge in [-0.15, -0.1) is 0 Å². The Hall–Kier alpha value is -4.02. The van der Waals surface area contributed by atoms with Gasteiger partial charge in [0, 0.05) is 66.2 Å². The maximum absolute atomic E-state index is 13.3. The number of aryl methyl sites for hydroxylation is 1. The topological polar surface area (TPSA) is 112 Å². The van der Waals surface area contributed by atoms with Crippen LogP contribution in [0.1, 0.15) is 70.5 Å². The van der Waals surface area contributed by atoms with Crippen molar-refractivity contribution < 1.29 is 23.5 Å². The monoisotopic (exact) mass is 613 g/mol. The molecule has 1 fully saturated rings. The number of carbonyl (C=O) groups excluding carboxylic acids is 2. The molecule has 5 heterocycles. The van der Waals surface area contributed by atoms with E-state index in [9.17, 15) is 9.59 Å². The van der Waals surface area contributed by atoms with Gasteiger partial charge >= 0.3 is 5.97 Å². The molecule has 3 aromatic heterocycles. The van der Waals surface area contributed by atoms with Gasteiger partial charge in [-0.1, -0.05) is 20.8 Å². The number of pyridine rings is 1. The number of cyclic esters (lactones) is 1. The number of methoxy groups -OCH3 is 1. The van der Waals surface area contributed by atoms with Crippen molar-refractivity contribution in [2.24, 2.45) is 11.3 Å². The molecule has 10 heteroatoms. The van der Waals surface area contributed by atoms with Crippen LogP contribution in [0.5, 0.6) is 0 Å². The number of carbonyl (C=O) groups is 2. The number of oxazole rings is 1. The van der Waals surface area contributed by atoms with E-state index in [1.807, 2.05) is 26.0 Å². The fourth-order valence-electron chi connectivity index (χ4n) is 6.64. The summed E-state index contributed by atoms with van der Waals surface area (Å²) in [6.45, 7) is 11.8. The van der Waals surface area contributed by atoms with Crippen molar-refractivity contribution in [3.63, 3.8) is 0 Å². The number of nitrogens with one attached hydrogen (secondary N) is 1. The second-order valence-electron chi connectivity index (χ2n) is 13.1. The van der Waals surface area contributed by atoms with Gasteiger partial charge in [0.25, 0.3) is 0 Å². The smallest absolute Gasteiger partial charge is 0.324 e. The highest BCUT2D eigenvalue weighted by molar-refractivity contribution is 5.94. The molecule has 2 aliphatic rings. The van der Waals surface area contributed by atoms with Gasteiger partial charge in [-0.3, -0.25) is 19.6 Å². The van der Waals surface area contributed by atoms with Gasteiger partial charge in [0.15, 0.2) is 0 Å². The first-order valence-corrected chi connectivity index (χ1v) is 15.9. The first-order chi connectivity index (χ1) is 21.6. The van der Waals surface area contributed by atoms with Gasteiger partial charge in [-0.25, -0.2) is 10.4 Å². The quantitative estimate of drug-likeness (QED) is 0.284. The van der Waals surface area contributed by atoms with E-state index >= 15 is 0 Å². The van der Waals surface area contributed by atoms with Gasteiger partial charge in [0.05, 0.1) is 29.8 Å². The number of ether oxygens (including phenoxy) is 2. The van der Waals surface area contributed by atoms with Crippen molar-refractivity contribution in [1.82, 2.24) is 25.0 Å². The second-order valence-corrected chi connectivity index (χ2v) is 13.1. The van der Waals surface area contributed by atoms with Crippen LogP contribution in [0, 0.1) is 11.3 Å². The van der Waals surface area contributed by atoms with E-state index in [1.54, 1.807) is 24.6 Å². The molecule has 45 heavy (non-hydrogen) atoms. The number of nitrogens with zero attached hydrogens (tertiary/aromatic N) is 4. The molecule has 4 aromatic rings. The number of rotatable bonds is 4. The molecule has 0 aliphatic carbocycles. The Balaban J connectivity index is 1.53. The molecule has 2 aliphatic heterocycles. The molecule has 0 unspecified atom stereocenters. The average Bonchev–Trinajstić information content (AvgIpc) is 3.64. The van der Waals surface area contributed by atoms with Crippen LogP contribution in [0.4, 0.5) is 0 Å². The lowest BCUT2D eigenvalue weighted by Crippen LogP contribution is -2.56. The van der Waals surface area contributed by atoms with Crippen molar-refractivity contribution >= 4 is 22.8 Å². The third-order valence-corrected chi connectivity index (χ3v) is 9.05. The Labute approximate surface area is 264 Å². The third-order valence-electron chi connectivity index (χ3n) is 9.05. The van der Waals surface area contributed by atoms with E-state index in [2.05, 4.69) is 49.0 Å². The predicted molar refractivity (Wildman–Crippen MR) is 171 cm³/mol. The molecule has 0 saturated carbocycles. The first-order valence-electron chi connectivity index (χ1n) is 15.9. The van der Waals surface area contributed by atoms with E-state index in [-0.39, 0.29) is 30.5 Å². The van der Waals surface area contributed by atoms with E-state index < -0.39 is 11.5 Å². The first kappa shape index (κ1) is 31.0. The molecule has 0 radical (unpaired) electrons. The minimum atomic E-state index is -0.572. The molecule has 0 spiro atoms. The van der Waals surface area contributed by atoms with Crippen LogP contribution in [0.2, 0.25) is 0 Å². The van der Waals surface area contributed by atoms with E-state index in [0.717, 1.165) is 51.9 Å². The summed E-state index contributed by atoms with van der Waals surface area (Å²) < 4.78 is 20.0. The zero-order chi connectivity index (χ0) is 31.9. The number of benzene rings is 1. The van der Waals surface area contributed by atoms with Crippen LogP contribution in [-0.2, 0) is 38.4 Å². The molecule has 3 atom stereocenters.